The second-order valence-corrected chi connectivity index (χ2v) is 20.3. The lowest BCUT2D eigenvalue weighted by Gasteiger charge is -2.14. The molecule has 76 heavy (non-hydrogen) atoms. The summed E-state index contributed by atoms with van der Waals surface area (Å²) in [5, 5.41) is 11.1. The Labute approximate surface area is 436 Å². The van der Waals surface area contributed by atoms with Gasteiger partial charge in [0.2, 0.25) is 0 Å². The van der Waals surface area contributed by atoms with Gasteiger partial charge in [0.25, 0.3) is 5.91 Å². The van der Waals surface area contributed by atoms with Crippen molar-refractivity contribution >= 4 is 78.1 Å². The van der Waals surface area contributed by atoms with Crippen molar-refractivity contribution in [3.8, 4) is 77.7 Å². The average molecular weight is 1040 g/mol. The van der Waals surface area contributed by atoms with Crippen LogP contribution in [-0.4, -0.2) is 93.9 Å². The monoisotopic (exact) mass is 1040 g/mol. The number of halogens is 2. The third kappa shape index (κ3) is 8.18. The zero-order valence-electron chi connectivity index (χ0n) is 39.6. The van der Waals surface area contributed by atoms with Gasteiger partial charge in [-0.1, -0.05) is 18.2 Å². The van der Waals surface area contributed by atoms with Crippen molar-refractivity contribution in [2.75, 3.05) is 18.4 Å². The molecule has 0 spiro atoms. The van der Waals surface area contributed by atoms with Crippen LogP contribution in [0.25, 0.3) is 122 Å². The molecule has 368 valence electrons. The normalized spacial score (nSPS) is 13.0. The van der Waals surface area contributed by atoms with E-state index in [2.05, 4.69) is 56.4 Å². The Hall–Kier alpha value is -9.44. The van der Waals surface area contributed by atoms with E-state index in [9.17, 15) is 9.18 Å². The summed E-state index contributed by atoms with van der Waals surface area (Å²) in [6.07, 6.45) is 19.1. The molecular formula is C55H36F2N16OS2. The molecule has 1 saturated heterocycles. The van der Waals surface area contributed by atoms with E-state index in [1.807, 2.05) is 24.5 Å². The first-order valence-electron chi connectivity index (χ1n) is 24.1. The SMILES string of the molecule is O=C(Nc1cncc(-c2cc3c(-c4nc5c(-c6ccc(F)s6)cncc5[nH]4)ncnc3c(-c3cc(-c4cncc5[nH]c(-c6n[nH]c7cnc(-c8cncc(CN9CCCC9)c8)cc67)nc45)sc3F)n2)c1)c1ccccc1. The van der Waals surface area contributed by atoms with Crippen LogP contribution in [-0.2, 0) is 6.54 Å². The number of likely N-dealkylation sites (tertiary alicyclic amines) is 1. The van der Waals surface area contributed by atoms with E-state index in [1.165, 1.54) is 31.4 Å². The molecule has 1 aliphatic heterocycles. The number of imidazole rings is 2. The number of nitrogens with zero attached hydrogens (tertiary/aromatic N) is 12. The summed E-state index contributed by atoms with van der Waals surface area (Å²) in [5.41, 5.74) is 10.6. The van der Waals surface area contributed by atoms with Crippen LogP contribution < -0.4 is 5.32 Å². The number of pyridine rings is 6. The van der Waals surface area contributed by atoms with Crippen LogP contribution in [0.5, 0.6) is 0 Å². The number of H-pyrrole nitrogens is 3. The van der Waals surface area contributed by atoms with E-state index in [1.54, 1.807) is 85.7 Å². The van der Waals surface area contributed by atoms with Crippen LogP contribution in [0.15, 0.2) is 135 Å². The second-order valence-electron chi connectivity index (χ2n) is 18.2. The molecule has 0 saturated carbocycles. The average Bonchev–Trinajstić information content (AvgIpc) is 4.38. The quantitative estimate of drug-likeness (QED) is 0.0948. The number of hydrogen-bond donors (Lipinski definition) is 4. The first-order valence-corrected chi connectivity index (χ1v) is 25.7. The van der Waals surface area contributed by atoms with Gasteiger partial charge >= 0.3 is 0 Å². The van der Waals surface area contributed by atoms with Crippen molar-refractivity contribution in [3.63, 3.8) is 0 Å². The summed E-state index contributed by atoms with van der Waals surface area (Å²) in [5.74, 6) is 0.537. The van der Waals surface area contributed by atoms with Crippen LogP contribution >= 0.6 is 22.7 Å². The van der Waals surface area contributed by atoms with Gasteiger partial charge in [0.15, 0.2) is 21.9 Å². The minimum atomic E-state index is -0.532. The number of aromatic amines is 3. The lowest BCUT2D eigenvalue weighted by Crippen LogP contribution is -2.18. The summed E-state index contributed by atoms with van der Waals surface area (Å²) < 4.78 is 31.3. The topological polar surface area (TPSA) is 222 Å². The Kier molecular flexibility index (Phi) is 11.0. The fourth-order valence-electron chi connectivity index (χ4n) is 9.77. The lowest BCUT2D eigenvalue weighted by atomic mass is 10.0. The Bertz CT molecular complexity index is 4410. The van der Waals surface area contributed by atoms with Crippen LogP contribution in [0.2, 0.25) is 0 Å². The van der Waals surface area contributed by atoms with Gasteiger partial charge in [0, 0.05) is 85.9 Å². The third-order valence-electron chi connectivity index (χ3n) is 13.4. The van der Waals surface area contributed by atoms with Gasteiger partial charge in [0.05, 0.1) is 64.0 Å². The number of aromatic nitrogens is 14. The maximum Gasteiger partial charge on any atom is 0.255 e. The Morgan fingerprint density at radius 1 is 0.605 bits per heavy atom. The molecule has 0 bridgehead atoms. The highest BCUT2D eigenvalue weighted by Crippen LogP contribution is 2.43. The molecule has 1 aromatic carbocycles. The molecule has 0 radical (unpaired) electrons. The largest absolute Gasteiger partial charge is 0.335 e. The first-order chi connectivity index (χ1) is 37.3. The zero-order chi connectivity index (χ0) is 50.9. The molecule has 4 N–H and O–H groups in total. The first kappa shape index (κ1) is 45.2. The minimum Gasteiger partial charge on any atom is -0.335 e. The molecule has 13 heterocycles. The van der Waals surface area contributed by atoms with Gasteiger partial charge in [0.1, 0.15) is 40.0 Å². The number of nitrogens with one attached hydrogen (secondary N) is 4. The summed E-state index contributed by atoms with van der Waals surface area (Å²) in [7, 11) is 0. The maximum atomic E-state index is 17.0. The second kappa shape index (κ2) is 18.5. The number of rotatable bonds is 11. The van der Waals surface area contributed by atoms with Gasteiger partial charge in [-0.15, -0.1) is 22.7 Å². The number of amides is 1. The molecule has 21 heteroatoms. The standard InChI is InChI=1S/C55H36F2N16OS2/c56-45-9-8-43(75-45)36-21-60-23-41-46(36)69-53(67-41)50-34-15-39(31-13-32(20-59-19-31)65-55(74)29-6-2-1-3-7-29)66-49(48(34)63-27-64-50)35-16-44(76-52(35)57)37-22-61-24-42-47(37)70-54(68-42)51-33-14-38(62-25-40(33)71-72-51)30-12-28(17-58-18-30)26-73-10-4-5-11-73/h1-3,6-9,12-25,27H,4-5,10-11,26H2,(H,65,74)(H,67,69)(H,68,70)(H,71,72). The molecule has 1 amide bonds. The molecule has 0 aliphatic carbocycles. The van der Waals surface area contributed by atoms with E-state index >= 15 is 4.39 Å². The summed E-state index contributed by atoms with van der Waals surface area (Å²) in [4.78, 5) is 71.0. The Morgan fingerprint density at radius 3 is 2.11 bits per heavy atom. The molecular weight excluding hydrogens is 1000 g/mol. The smallest absolute Gasteiger partial charge is 0.255 e. The fourth-order valence-corrected chi connectivity index (χ4v) is 11.4. The van der Waals surface area contributed by atoms with Crippen LogP contribution in [0, 0.1) is 10.3 Å². The van der Waals surface area contributed by atoms with E-state index < -0.39 is 5.13 Å². The van der Waals surface area contributed by atoms with Crippen LogP contribution in [0.3, 0.4) is 0 Å². The van der Waals surface area contributed by atoms with Gasteiger partial charge in [-0.2, -0.15) is 13.9 Å². The van der Waals surface area contributed by atoms with Crippen molar-refractivity contribution in [2.24, 2.45) is 0 Å². The molecule has 14 rings (SSSR count). The molecule has 13 aromatic rings. The van der Waals surface area contributed by atoms with E-state index in [0.29, 0.717) is 99.4 Å². The van der Waals surface area contributed by atoms with Gasteiger partial charge in [-0.25, -0.2) is 24.9 Å². The maximum absolute atomic E-state index is 17.0. The highest BCUT2D eigenvalue weighted by atomic mass is 32.1. The van der Waals surface area contributed by atoms with Crippen LogP contribution in [0.1, 0.15) is 28.8 Å². The highest BCUT2D eigenvalue weighted by molar-refractivity contribution is 7.14. The highest BCUT2D eigenvalue weighted by Gasteiger charge is 2.25. The number of benzene rings is 1. The van der Waals surface area contributed by atoms with Crippen molar-refractivity contribution < 1.29 is 13.6 Å². The van der Waals surface area contributed by atoms with Crippen molar-refractivity contribution in [2.45, 2.75) is 19.4 Å². The van der Waals surface area contributed by atoms with E-state index in [4.69, 9.17) is 29.9 Å². The molecule has 0 atom stereocenters. The van der Waals surface area contributed by atoms with Crippen molar-refractivity contribution in [3.05, 3.63) is 156 Å². The lowest BCUT2D eigenvalue weighted by molar-refractivity contribution is 0.102. The summed E-state index contributed by atoms with van der Waals surface area (Å²) in [6.45, 7) is 3.02. The predicted octanol–water partition coefficient (Wildman–Crippen LogP) is 11.5. The van der Waals surface area contributed by atoms with Crippen molar-refractivity contribution in [1.29, 1.82) is 0 Å². The molecule has 17 nitrogen and oxygen atoms in total. The van der Waals surface area contributed by atoms with Gasteiger partial charge in [-0.3, -0.25) is 39.7 Å². The van der Waals surface area contributed by atoms with Crippen molar-refractivity contribution in [1.82, 2.24) is 74.9 Å². The summed E-state index contributed by atoms with van der Waals surface area (Å²) >= 11 is 1.92. The third-order valence-corrected chi connectivity index (χ3v) is 15.2. The number of anilines is 1. The molecule has 0 unspecified atom stereocenters. The Morgan fingerprint density at radius 2 is 1.33 bits per heavy atom. The fraction of sp³-hybridized carbons (Fsp3) is 0.0909. The van der Waals surface area contributed by atoms with E-state index in [-0.39, 0.29) is 22.3 Å². The number of carbonyl (C=O) groups is 1. The molecule has 1 fully saturated rings. The van der Waals surface area contributed by atoms with Crippen LogP contribution in [0.4, 0.5) is 14.5 Å². The number of fused-ring (bicyclic) bond motifs is 4. The molecule has 12 aromatic heterocycles. The molecule has 1 aliphatic rings. The number of hydrogen-bond acceptors (Lipinski definition) is 15. The zero-order valence-corrected chi connectivity index (χ0v) is 41.2. The van der Waals surface area contributed by atoms with E-state index in [0.717, 1.165) is 70.0 Å². The minimum absolute atomic E-state index is 0.166. The predicted molar refractivity (Wildman–Crippen MR) is 288 cm³/mol. The number of carbonyl (C=O) groups excluding carboxylic acids is 1. The summed E-state index contributed by atoms with van der Waals surface area (Å²) in [6, 6.07) is 21.3. The van der Waals surface area contributed by atoms with Gasteiger partial charge < -0.3 is 15.3 Å². The number of thiophene rings is 2. The Balaban J connectivity index is 0.866. The van der Waals surface area contributed by atoms with Gasteiger partial charge in [-0.05, 0) is 86.1 Å².